The fourth-order valence-corrected chi connectivity index (χ4v) is 1.97. The molecule has 1 atom stereocenters. The van der Waals surface area contributed by atoms with E-state index in [4.69, 9.17) is 24.4 Å². The summed E-state index contributed by atoms with van der Waals surface area (Å²) in [6.45, 7) is 1.09. The SMILES string of the molecule is NCC(OCc1ccc2c(c1)OCO2)c1ccco1. The average molecular weight is 261 g/mol. The first kappa shape index (κ1) is 12.1. The number of hydrogen-bond donors (Lipinski definition) is 1. The van der Waals surface area contributed by atoms with Gasteiger partial charge in [0, 0.05) is 6.54 Å². The summed E-state index contributed by atoms with van der Waals surface area (Å²) in [5, 5.41) is 0. The molecule has 0 bridgehead atoms. The van der Waals surface area contributed by atoms with Crippen LogP contribution in [0.3, 0.4) is 0 Å². The first-order valence-corrected chi connectivity index (χ1v) is 6.10. The van der Waals surface area contributed by atoms with E-state index in [9.17, 15) is 0 Å². The normalized spacial score (nSPS) is 14.6. The summed E-state index contributed by atoms with van der Waals surface area (Å²) < 4.78 is 21.7. The maximum Gasteiger partial charge on any atom is 0.231 e. The van der Waals surface area contributed by atoms with Crippen molar-refractivity contribution in [3.05, 3.63) is 47.9 Å². The predicted molar refractivity (Wildman–Crippen MR) is 67.9 cm³/mol. The number of fused-ring (bicyclic) bond motifs is 1. The van der Waals surface area contributed by atoms with Crippen LogP contribution in [0.2, 0.25) is 0 Å². The number of benzene rings is 1. The molecule has 0 radical (unpaired) electrons. The van der Waals surface area contributed by atoms with Crippen molar-refractivity contribution in [2.24, 2.45) is 5.73 Å². The maximum atomic E-state index is 5.77. The van der Waals surface area contributed by atoms with Crippen molar-refractivity contribution in [3.8, 4) is 11.5 Å². The molecule has 0 amide bonds. The van der Waals surface area contributed by atoms with Gasteiger partial charge in [0.2, 0.25) is 6.79 Å². The second-order valence-corrected chi connectivity index (χ2v) is 4.24. The highest BCUT2D eigenvalue weighted by Gasteiger charge is 2.16. The van der Waals surface area contributed by atoms with E-state index in [-0.39, 0.29) is 12.9 Å². The van der Waals surface area contributed by atoms with E-state index in [1.807, 2.05) is 30.3 Å². The number of hydrogen-bond acceptors (Lipinski definition) is 5. The molecule has 1 aliphatic heterocycles. The molecule has 0 aliphatic carbocycles. The van der Waals surface area contributed by atoms with Crippen LogP contribution in [0.25, 0.3) is 0 Å². The lowest BCUT2D eigenvalue weighted by Gasteiger charge is -2.13. The number of nitrogens with two attached hydrogens (primary N) is 1. The summed E-state index contributed by atoms with van der Waals surface area (Å²) in [6, 6.07) is 9.42. The monoisotopic (exact) mass is 261 g/mol. The standard InChI is InChI=1S/C14H15NO4/c15-7-14(11-2-1-5-16-11)17-8-10-3-4-12-13(6-10)19-9-18-12/h1-6,14H,7-9,15H2. The smallest absolute Gasteiger partial charge is 0.231 e. The van der Waals surface area contributed by atoms with Gasteiger partial charge in [-0.15, -0.1) is 0 Å². The summed E-state index contributed by atoms with van der Waals surface area (Å²) in [5.74, 6) is 2.26. The number of furan rings is 1. The van der Waals surface area contributed by atoms with Crippen LogP contribution in [0.1, 0.15) is 17.4 Å². The number of ether oxygens (including phenoxy) is 3. The Morgan fingerprint density at radius 3 is 2.89 bits per heavy atom. The minimum atomic E-state index is -0.236. The van der Waals surface area contributed by atoms with Crippen molar-refractivity contribution in [1.82, 2.24) is 0 Å². The zero-order valence-corrected chi connectivity index (χ0v) is 10.4. The van der Waals surface area contributed by atoms with E-state index in [1.165, 1.54) is 0 Å². The Bertz CT molecular complexity index is 538. The Kier molecular flexibility index (Phi) is 3.39. The molecule has 0 saturated heterocycles. The highest BCUT2D eigenvalue weighted by molar-refractivity contribution is 5.44. The first-order valence-electron chi connectivity index (χ1n) is 6.10. The summed E-state index contributed by atoms with van der Waals surface area (Å²) in [5.41, 5.74) is 6.70. The average Bonchev–Trinajstić information content (AvgIpc) is 3.10. The van der Waals surface area contributed by atoms with Crippen molar-refractivity contribution < 1.29 is 18.6 Å². The summed E-state index contributed by atoms with van der Waals surface area (Å²) in [4.78, 5) is 0. The van der Waals surface area contributed by atoms with Gasteiger partial charge >= 0.3 is 0 Å². The van der Waals surface area contributed by atoms with E-state index in [2.05, 4.69) is 0 Å². The summed E-state index contributed by atoms with van der Waals surface area (Å²) in [7, 11) is 0. The van der Waals surface area contributed by atoms with Gasteiger partial charge in [0.1, 0.15) is 11.9 Å². The van der Waals surface area contributed by atoms with Crippen LogP contribution in [0.15, 0.2) is 41.0 Å². The van der Waals surface area contributed by atoms with Crippen molar-refractivity contribution in [3.63, 3.8) is 0 Å². The second-order valence-electron chi connectivity index (χ2n) is 4.24. The van der Waals surface area contributed by atoms with Gasteiger partial charge in [0.25, 0.3) is 0 Å². The van der Waals surface area contributed by atoms with E-state index in [0.29, 0.717) is 13.2 Å². The third kappa shape index (κ3) is 2.57. The second kappa shape index (κ2) is 5.34. The highest BCUT2D eigenvalue weighted by atomic mass is 16.7. The van der Waals surface area contributed by atoms with E-state index < -0.39 is 0 Å². The van der Waals surface area contributed by atoms with Crippen molar-refractivity contribution in [2.75, 3.05) is 13.3 Å². The van der Waals surface area contributed by atoms with Crippen LogP contribution in [-0.2, 0) is 11.3 Å². The van der Waals surface area contributed by atoms with Crippen LogP contribution in [0.5, 0.6) is 11.5 Å². The minimum absolute atomic E-state index is 0.236. The molecule has 100 valence electrons. The zero-order chi connectivity index (χ0) is 13.1. The predicted octanol–water partition coefficient (Wildman–Crippen LogP) is 2.22. The van der Waals surface area contributed by atoms with Crippen LogP contribution < -0.4 is 15.2 Å². The quantitative estimate of drug-likeness (QED) is 0.893. The third-order valence-corrected chi connectivity index (χ3v) is 2.96. The Labute approximate surface area is 110 Å². The molecule has 1 unspecified atom stereocenters. The van der Waals surface area contributed by atoms with Crippen molar-refractivity contribution in [1.29, 1.82) is 0 Å². The Morgan fingerprint density at radius 2 is 2.11 bits per heavy atom. The largest absolute Gasteiger partial charge is 0.467 e. The van der Waals surface area contributed by atoms with Gasteiger partial charge in [0.15, 0.2) is 11.5 Å². The fraction of sp³-hybridized carbons (Fsp3) is 0.286. The highest BCUT2D eigenvalue weighted by Crippen LogP contribution is 2.33. The molecule has 19 heavy (non-hydrogen) atoms. The van der Waals surface area contributed by atoms with Crippen LogP contribution in [0, 0.1) is 0 Å². The lowest BCUT2D eigenvalue weighted by atomic mass is 10.2. The van der Waals surface area contributed by atoms with Crippen LogP contribution in [0.4, 0.5) is 0 Å². The molecule has 0 saturated carbocycles. The summed E-state index contributed by atoms with van der Waals surface area (Å²) >= 11 is 0. The molecular weight excluding hydrogens is 246 g/mol. The topological polar surface area (TPSA) is 66.9 Å². The Balaban J connectivity index is 1.65. The van der Waals surface area contributed by atoms with E-state index >= 15 is 0 Å². The lowest BCUT2D eigenvalue weighted by molar-refractivity contribution is 0.0313. The van der Waals surface area contributed by atoms with Gasteiger partial charge in [-0.3, -0.25) is 0 Å². The maximum absolute atomic E-state index is 5.77. The van der Waals surface area contributed by atoms with Crippen molar-refractivity contribution >= 4 is 0 Å². The molecule has 2 heterocycles. The molecule has 0 fully saturated rings. The van der Waals surface area contributed by atoms with Gasteiger partial charge in [-0.05, 0) is 29.8 Å². The Morgan fingerprint density at radius 1 is 1.21 bits per heavy atom. The summed E-state index contributed by atoms with van der Waals surface area (Å²) in [6.07, 6.45) is 1.38. The molecule has 1 aliphatic rings. The van der Waals surface area contributed by atoms with Gasteiger partial charge in [-0.25, -0.2) is 0 Å². The Hall–Kier alpha value is -1.98. The molecule has 5 heteroatoms. The molecular formula is C14H15NO4. The van der Waals surface area contributed by atoms with Crippen LogP contribution in [-0.4, -0.2) is 13.3 Å². The van der Waals surface area contributed by atoms with E-state index in [1.54, 1.807) is 6.26 Å². The first-order chi connectivity index (χ1) is 9.36. The number of rotatable bonds is 5. The molecule has 2 aromatic rings. The van der Waals surface area contributed by atoms with Crippen LogP contribution >= 0.6 is 0 Å². The molecule has 0 spiro atoms. The minimum Gasteiger partial charge on any atom is -0.467 e. The van der Waals surface area contributed by atoms with Gasteiger partial charge in [-0.1, -0.05) is 6.07 Å². The molecule has 1 aromatic carbocycles. The zero-order valence-electron chi connectivity index (χ0n) is 10.4. The fourth-order valence-electron chi connectivity index (χ4n) is 1.97. The molecule has 5 nitrogen and oxygen atoms in total. The van der Waals surface area contributed by atoms with Gasteiger partial charge in [-0.2, -0.15) is 0 Å². The molecule has 1 aromatic heterocycles. The van der Waals surface area contributed by atoms with Gasteiger partial charge in [0.05, 0.1) is 12.9 Å². The molecule has 3 rings (SSSR count). The third-order valence-electron chi connectivity index (χ3n) is 2.96. The lowest BCUT2D eigenvalue weighted by Crippen LogP contribution is -2.15. The van der Waals surface area contributed by atoms with Crippen molar-refractivity contribution in [2.45, 2.75) is 12.7 Å². The van der Waals surface area contributed by atoms with Gasteiger partial charge < -0.3 is 24.4 Å². The molecule has 2 N–H and O–H groups in total. The van der Waals surface area contributed by atoms with E-state index in [0.717, 1.165) is 22.8 Å².